The topological polar surface area (TPSA) is 3.24 Å². The average molecular weight is 288 g/mol. The van der Waals surface area contributed by atoms with Crippen molar-refractivity contribution in [3.8, 4) is 0 Å². The molecular weight excluding hydrogens is 270 g/mol. The first-order chi connectivity index (χ1) is 7.13. The summed E-state index contributed by atoms with van der Waals surface area (Å²) in [6, 6.07) is 9.13. The number of hydrogen-bond donors (Lipinski definition) is 0. The molecule has 0 saturated carbocycles. The molecule has 0 radical (unpaired) electrons. The van der Waals surface area contributed by atoms with Crippen LogP contribution in [0.15, 0.2) is 28.7 Å². The molecule has 0 amide bonds. The summed E-state index contributed by atoms with van der Waals surface area (Å²) >= 11 is 5.40. The maximum absolute atomic E-state index is 3.50. The van der Waals surface area contributed by atoms with E-state index in [0.717, 1.165) is 11.0 Å². The number of halogens is 1. The van der Waals surface area contributed by atoms with Gasteiger partial charge in [-0.05, 0) is 37.9 Å². The van der Waals surface area contributed by atoms with Gasteiger partial charge in [0.25, 0.3) is 0 Å². The fourth-order valence-electron chi connectivity index (χ4n) is 1.45. The zero-order valence-electron chi connectivity index (χ0n) is 9.53. The molecule has 3 heteroatoms. The van der Waals surface area contributed by atoms with Gasteiger partial charge in [-0.1, -0.05) is 28.1 Å². The minimum Gasteiger partial charge on any atom is -0.299 e. The average Bonchev–Trinajstić information content (AvgIpc) is 2.18. The second kappa shape index (κ2) is 6.56. The van der Waals surface area contributed by atoms with Crippen LogP contribution >= 0.6 is 27.7 Å². The maximum Gasteiger partial charge on any atom is 0.0234 e. The van der Waals surface area contributed by atoms with Gasteiger partial charge in [-0.2, -0.15) is 11.8 Å². The number of nitrogens with zero attached hydrogens (tertiary/aromatic N) is 1. The van der Waals surface area contributed by atoms with Crippen LogP contribution < -0.4 is 0 Å². The van der Waals surface area contributed by atoms with Gasteiger partial charge in [0.05, 0.1) is 0 Å². The van der Waals surface area contributed by atoms with Crippen LogP contribution in [-0.4, -0.2) is 30.0 Å². The predicted molar refractivity (Wildman–Crippen MR) is 73.5 cm³/mol. The first-order valence-electron chi connectivity index (χ1n) is 5.07. The second-order valence-corrected chi connectivity index (χ2v) is 5.68. The quantitative estimate of drug-likeness (QED) is 0.814. The van der Waals surface area contributed by atoms with Crippen LogP contribution in [0.3, 0.4) is 0 Å². The van der Waals surface area contributed by atoms with E-state index in [1.165, 1.54) is 11.3 Å². The summed E-state index contributed by atoms with van der Waals surface area (Å²) < 4.78 is 1.16. The number of benzene rings is 1. The highest BCUT2D eigenvalue weighted by atomic mass is 79.9. The molecule has 0 aliphatic rings. The van der Waals surface area contributed by atoms with Crippen LogP contribution in [0.4, 0.5) is 0 Å². The first kappa shape index (κ1) is 13.1. The van der Waals surface area contributed by atoms with Crippen molar-refractivity contribution in [2.75, 3.05) is 19.1 Å². The smallest absolute Gasteiger partial charge is 0.0234 e. The Morgan fingerprint density at radius 2 is 2.20 bits per heavy atom. The Morgan fingerprint density at radius 1 is 1.47 bits per heavy atom. The lowest BCUT2D eigenvalue weighted by Crippen LogP contribution is -2.30. The van der Waals surface area contributed by atoms with Crippen LogP contribution in [0, 0.1) is 0 Å². The summed E-state index contributed by atoms with van der Waals surface area (Å²) in [5, 5.41) is 0. The van der Waals surface area contributed by atoms with Crippen molar-refractivity contribution in [2.24, 2.45) is 0 Å². The van der Waals surface area contributed by atoms with Gasteiger partial charge in [-0.15, -0.1) is 0 Å². The molecule has 1 atom stereocenters. The van der Waals surface area contributed by atoms with Gasteiger partial charge >= 0.3 is 0 Å². The van der Waals surface area contributed by atoms with Crippen molar-refractivity contribution in [2.45, 2.75) is 19.5 Å². The van der Waals surface area contributed by atoms with E-state index in [1.807, 2.05) is 11.8 Å². The van der Waals surface area contributed by atoms with Crippen LogP contribution in [0.25, 0.3) is 0 Å². The summed E-state index contributed by atoms with van der Waals surface area (Å²) in [5.41, 5.74) is 1.36. The number of hydrogen-bond acceptors (Lipinski definition) is 2. The molecule has 0 bridgehead atoms. The van der Waals surface area contributed by atoms with E-state index in [9.17, 15) is 0 Å². The third-order valence-electron chi connectivity index (χ3n) is 2.48. The summed E-state index contributed by atoms with van der Waals surface area (Å²) in [6.07, 6.45) is 2.16. The van der Waals surface area contributed by atoms with E-state index in [0.29, 0.717) is 6.04 Å². The Hall–Kier alpha value is 0.01000. The van der Waals surface area contributed by atoms with E-state index in [-0.39, 0.29) is 0 Å². The van der Waals surface area contributed by atoms with E-state index in [4.69, 9.17) is 0 Å². The lowest BCUT2D eigenvalue weighted by Gasteiger charge is -2.24. The van der Waals surface area contributed by atoms with Crippen molar-refractivity contribution in [3.05, 3.63) is 34.3 Å². The number of rotatable bonds is 5. The van der Waals surface area contributed by atoms with E-state index in [1.54, 1.807) is 0 Å². The normalized spacial score (nSPS) is 13.1. The zero-order chi connectivity index (χ0) is 11.3. The van der Waals surface area contributed by atoms with Crippen molar-refractivity contribution >= 4 is 27.7 Å². The minimum atomic E-state index is 0.624. The Balaban J connectivity index is 2.54. The first-order valence-corrected chi connectivity index (χ1v) is 7.25. The lowest BCUT2D eigenvalue weighted by molar-refractivity contribution is 0.269. The SMILES string of the molecule is CSCC(C)N(C)Cc1cccc(Br)c1. The molecule has 1 rings (SSSR count). The van der Waals surface area contributed by atoms with Gasteiger partial charge in [0.1, 0.15) is 0 Å². The third-order valence-corrected chi connectivity index (χ3v) is 3.79. The van der Waals surface area contributed by atoms with Crippen LogP contribution in [0.2, 0.25) is 0 Å². The Bertz CT molecular complexity index is 303. The summed E-state index contributed by atoms with van der Waals surface area (Å²) in [5.74, 6) is 1.19. The van der Waals surface area contributed by atoms with Crippen LogP contribution in [-0.2, 0) is 6.54 Å². The van der Waals surface area contributed by atoms with Crippen molar-refractivity contribution in [1.82, 2.24) is 4.90 Å². The molecule has 1 aromatic carbocycles. The van der Waals surface area contributed by atoms with Gasteiger partial charge in [-0.3, -0.25) is 4.90 Å². The Labute approximate surface area is 105 Å². The molecule has 1 nitrogen and oxygen atoms in total. The predicted octanol–water partition coefficient (Wildman–Crippen LogP) is 3.63. The maximum atomic E-state index is 3.50. The lowest BCUT2D eigenvalue weighted by atomic mass is 10.2. The van der Waals surface area contributed by atoms with E-state index >= 15 is 0 Å². The van der Waals surface area contributed by atoms with Gasteiger partial charge in [-0.25, -0.2) is 0 Å². The van der Waals surface area contributed by atoms with Gasteiger partial charge in [0, 0.05) is 22.8 Å². The molecule has 0 fully saturated rings. The zero-order valence-corrected chi connectivity index (χ0v) is 11.9. The largest absolute Gasteiger partial charge is 0.299 e. The summed E-state index contributed by atoms with van der Waals surface area (Å²) in [4.78, 5) is 2.39. The Kier molecular flexibility index (Phi) is 5.72. The molecule has 0 aliphatic carbocycles. The molecule has 0 aliphatic heterocycles. The third kappa shape index (κ3) is 4.58. The van der Waals surface area contributed by atoms with Crippen molar-refractivity contribution in [1.29, 1.82) is 0 Å². The van der Waals surface area contributed by atoms with Gasteiger partial charge < -0.3 is 0 Å². The Morgan fingerprint density at radius 3 is 2.80 bits per heavy atom. The molecular formula is C12H18BrNS. The van der Waals surface area contributed by atoms with Crippen LogP contribution in [0.1, 0.15) is 12.5 Å². The van der Waals surface area contributed by atoms with Crippen molar-refractivity contribution < 1.29 is 0 Å². The highest BCUT2D eigenvalue weighted by Gasteiger charge is 2.08. The molecule has 15 heavy (non-hydrogen) atoms. The minimum absolute atomic E-state index is 0.624. The van der Waals surface area contributed by atoms with Gasteiger partial charge in [0.2, 0.25) is 0 Å². The molecule has 0 saturated heterocycles. The summed E-state index contributed by atoms with van der Waals surface area (Å²) in [6.45, 7) is 3.29. The molecule has 0 spiro atoms. The summed E-state index contributed by atoms with van der Waals surface area (Å²) in [7, 11) is 2.18. The second-order valence-electron chi connectivity index (χ2n) is 3.85. The highest BCUT2D eigenvalue weighted by Crippen LogP contribution is 2.14. The van der Waals surface area contributed by atoms with E-state index < -0.39 is 0 Å². The standard InChI is InChI=1S/C12H18BrNS/c1-10(9-15-3)14(2)8-11-5-4-6-12(13)7-11/h4-7,10H,8-9H2,1-3H3. The molecule has 84 valence electrons. The van der Waals surface area contributed by atoms with Gasteiger partial charge in [0.15, 0.2) is 0 Å². The highest BCUT2D eigenvalue weighted by molar-refractivity contribution is 9.10. The fraction of sp³-hybridized carbons (Fsp3) is 0.500. The fourth-order valence-corrected chi connectivity index (χ4v) is 2.63. The molecule has 0 aromatic heterocycles. The molecule has 1 unspecified atom stereocenters. The molecule has 0 N–H and O–H groups in total. The molecule has 1 aromatic rings. The van der Waals surface area contributed by atoms with Crippen LogP contribution in [0.5, 0.6) is 0 Å². The monoisotopic (exact) mass is 287 g/mol. The van der Waals surface area contributed by atoms with E-state index in [2.05, 4.69) is 65.3 Å². The van der Waals surface area contributed by atoms with Crippen molar-refractivity contribution in [3.63, 3.8) is 0 Å². The number of thioether (sulfide) groups is 1. The molecule has 0 heterocycles.